The number of nitrogens with one attached hydrogen (secondary N) is 2. The first-order chi connectivity index (χ1) is 13.6. The van der Waals surface area contributed by atoms with Crippen molar-refractivity contribution >= 4 is 21.7 Å². The number of hydrogen-bond donors (Lipinski definition) is 2. The lowest BCUT2D eigenvalue weighted by Crippen LogP contribution is -2.34. The molecule has 156 valence electrons. The maximum Gasteiger partial charge on any atom is 0.501 e. The van der Waals surface area contributed by atoms with E-state index >= 15 is 0 Å². The van der Waals surface area contributed by atoms with Gasteiger partial charge in [0.25, 0.3) is 21.7 Å². The Bertz CT molecular complexity index is 972. The summed E-state index contributed by atoms with van der Waals surface area (Å²) in [6.45, 7) is 0.167. The van der Waals surface area contributed by atoms with Gasteiger partial charge >= 0.3 is 5.51 Å². The van der Waals surface area contributed by atoms with Crippen molar-refractivity contribution in [1.29, 1.82) is 0 Å². The van der Waals surface area contributed by atoms with Gasteiger partial charge in [-0.3, -0.25) is 9.59 Å². The molecule has 0 unspecified atom stereocenters. The number of hydrogen-bond acceptors (Lipinski definition) is 5. The van der Waals surface area contributed by atoms with Crippen molar-refractivity contribution in [3.63, 3.8) is 0 Å². The average Bonchev–Trinajstić information content (AvgIpc) is 2.70. The van der Waals surface area contributed by atoms with Crippen LogP contribution >= 0.6 is 0 Å². The fourth-order valence-corrected chi connectivity index (χ4v) is 2.98. The Morgan fingerprint density at radius 2 is 1.28 bits per heavy atom. The van der Waals surface area contributed by atoms with E-state index in [1.807, 2.05) is 0 Å². The molecule has 0 aliphatic rings. The number of sulfone groups is 1. The van der Waals surface area contributed by atoms with Gasteiger partial charge in [0.05, 0.1) is 12.0 Å². The zero-order valence-corrected chi connectivity index (χ0v) is 15.9. The van der Waals surface area contributed by atoms with Crippen molar-refractivity contribution < 1.29 is 35.9 Å². The summed E-state index contributed by atoms with van der Waals surface area (Å²) in [5.74, 6) is -0.383. The molecule has 2 rings (SSSR count). The molecule has 0 saturated carbocycles. The molecule has 0 atom stereocenters. The van der Waals surface area contributed by atoms with Crippen LogP contribution in [0.1, 0.15) is 20.7 Å². The maximum atomic E-state index is 12.5. The molecule has 0 bridgehead atoms. The number of carbonyl (C=O) groups excluding carboxylic acids is 2. The average molecular weight is 430 g/mol. The van der Waals surface area contributed by atoms with E-state index in [1.165, 1.54) is 7.11 Å². The Morgan fingerprint density at radius 1 is 0.862 bits per heavy atom. The third-order valence-electron chi connectivity index (χ3n) is 3.78. The highest BCUT2D eigenvalue weighted by Crippen LogP contribution is 2.30. The number of alkyl halides is 3. The number of amides is 2. The van der Waals surface area contributed by atoms with Crippen molar-refractivity contribution in [2.45, 2.75) is 10.4 Å². The second-order valence-electron chi connectivity index (χ2n) is 5.71. The molecule has 2 aromatic rings. The predicted molar refractivity (Wildman–Crippen MR) is 97.3 cm³/mol. The normalized spacial score (nSPS) is 11.6. The van der Waals surface area contributed by atoms with Gasteiger partial charge in [-0.05, 0) is 48.5 Å². The fourth-order valence-electron chi connectivity index (χ4n) is 2.22. The molecule has 0 spiro atoms. The molecule has 2 N–H and O–H groups in total. The highest BCUT2D eigenvalue weighted by molar-refractivity contribution is 7.92. The van der Waals surface area contributed by atoms with Crippen LogP contribution in [0.25, 0.3) is 0 Å². The largest absolute Gasteiger partial charge is 0.501 e. The van der Waals surface area contributed by atoms with Gasteiger partial charge in [0.2, 0.25) is 0 Å². The SMILES string of the molecule is COc1ccc(C(=O)NCCNC(=O)c2ccc(S(=O)(=O)C(F)(F)F)cc2)cc1. The monoisotopic (exact) mass is 430 g/mol. The number of rotatable bonds is 7. The molecule has 0 heterocycles. The van der Waals surface area contributed by atoms with E-state index in [-0.39, 0.29) is 24.6 Å². The third kappa shape index (κ3) is 5.47. The van der Waals surface area contributed by atoms with Crippen LogP contribution in [0.3, 0.4) is 0 Å². The molecule has 7 nitrogen and oxygen atoms in total. The van der Waals surface area contributed by atoms with Crippen LogP contribution in [0.15, 0.2) is 53.4 Å². The van der Waals surface area contributed by atoms with E-state index in [0.717, 1.165) is 12.1 Å². The van der Waals surface area contributed by atoms with Crippen LogP contribution in [0.2, 0.25) is 0 Å². The predicted octanol–water partition coefficient (Wildman–Crippen LogP) is 2.15. The highest BCUT2D eigenvalue weighted by Gasteiger charge is 2.46. The maximum absolute atomic E-state index is 12.5. The van der Waals surface area contributed by atoms with Gasteiger partial charge in [-0.25, -0.2) is 8.42 Å². The minimum absolute atomic E-state index is 0.0207. The molecular formula is C18H17F3N2O5S. The van der Waals surface area contributed by atoms with E-state index in [1.54, 1.807) is 24.3 Å². The van der Waals surface area contributed by atoms with Crippen LogP contribution in [-0.4, -0.2) is 45.9 Å². The summed E-state index contributed by atoms with van der Waals surface area (Å²) in [6, 6.07) is 9.77. The fraction of sp³-hybridized carbons (Fsp3) is 0.222. The molecule has 2 amide bonds. The van der Waals surface area contributed by atoms with Crippen LogP contribution in [0.5, 0.6) is 5.75 Å². The van der Waals surface area contributed by atoms with E-state index < -0.39 is 26.1 Å². The lowest BCUT2D eigenvalue weighted by molar-refractivity contribution is -0.0436. The number of ether oxygens (including phenoxy) is 1. The Morgan fingerprint density at radius 3 is 1.66 bits per heavy atom. The lowest BCUT2D eigenvalue weighted by atomic mass is 10.2. The molecule has 11 heteroatoms. The Kier molecular flexibility index (Phi) is 6.85. The van der Waals surface area contributed by atoms with Crippen molar-refractivity contribution in [3.05, 3.63) is 59.7 Å². The van der Waals surface area contributed by atoms with E-state index in [9.17, 15) is 31.2 Å². The first-order valence-corrected chi connectivity index (χ1v) is 9.66. The van der Waals surface area contributed by atoms with Crippen LogP contribution in [0.4, 0.5) is 13.2 Å². The summed E-state index contributed by atoms with van der Waals surface area (Å²) in [5.41, 5.74) is -5.04. The second kappa shape index (κ2) is 8.95. The molecule has 0 fully saturated rings. The summed E-state index contributed by atoms with van der Waals surface area (Å²) < 4.78 is 65.1. The first kappa shape index (κ1) is 22.2. The molecule has 29 heavy (non-hydrogen) atoms. The molecule has 0 aliphatic carbocycles. The summed E-state index contributed by atoms with van der Waals surface area (Å²) in [5, 5.41) is 5.06. The molecular weight excluding hydrogens is 413 g/mol. The summed E-state index contributed by atoms with van der Waals surface area (Å²) >= 11 is 0. The van der Waals surface area contributed by atoms with E-state index in [2.05, 4.69) is 10.6 Å². The van der Waals surface area contributed by atoms with Crippen molar-refractivity contribution in [2.75, 3.05) is 20.2 Å². The number of carbonyl (C=O) groups is 2. The lowest BCUT2D eigenvalue weighted by Gasteiger charge is -2.10. The number of halogens is 3. The topological polar surface area (TPSA) is 102 Å². The van der Waals surface area contributed by atoms with Gasteiger partial charge in [-0.2, -0.15) is 13.2 Å². The number of benzene rings is 2. The summed E-state index contributed by atoms with van der Waals surface area (Å²) in [7, 11) is -3.97. The van der Waals surface area contributed by atoms with Crippen molar-refractivity contribution in [3.8, 4) is 5.75 Å². The molecule has 0 saturated heterocycles. The van der Waals surface area contributed by atoms with Crippen molar-refractivity contribution in [1.82, 2.24) is 10.6 Å². The molecule has 0 radical (unpaired) electrons. The van der Waals surface area contributed by atoms with E-state index in [0.29, 0.717) is 23.4 Å². The van der Waals surface area contributed by atoms with Crippen LogP contribution < -0.4 is 15.4 Å². The minimum atomic E-state index is -5.47. The minimum Gasteiger partial charge on any atom is -0.497 e. The van der Waals surface area contributed by atoms with Gasteiger partial charge in [0.15, 0.2) is 0 Å². The summed E-state index contributed by atoms with van der Waals surface area (Å²) in [4.78, 5) is 23.0. The van der Waals surface area contributed by atoms with Gasteiger partial charge < -0.3 is 15.4 Å². The van der Waals surface area contributed by atoms with Crippen molar-refractivity contribution in [2.24, 2.45) is 0 Å². The van der Waals surface area contributed by atoms with Crippen LogP contribution in [-0.2, 0) is 9.84 Å². The van der Waals surface area contributed by atoms with Gasteiger partial charge in [0.1, 0.15) is 5.75 Å². The Balaban J connectivity index is 1.85. The second-order valence-corrected chi connectivity index (χ2v) is 7.66. The Labute approximate surface area is 164 Å². The van der Waals surface area contributed by atoms with Gasteiger partial charge in [0, 0.05) is 24.2 Å². The highest BCUT2D eigenvalue weighted by atomic mass is 32.2. The zero-order valence-electron chi connectivity index (χ0n) is 15.1. The van der Waals surface area contributed by atoms with Gasteiger partial charge in [-0.1, -0.05) is 0 Å². The first-order valence-electron chi connectivity index (χ1n) is 8.18. The van der Waals surface area contributed by atoms with E-state index in [4.69, 9.17) is 4.74 Å². The number of methoxy groups -OCH3 is 1. The smallest absolute Gasteiger partial charge is 0.497 e. The molecule has 2 aromatic carbocycles. The third-order valence-corrected chi connectivity index (χ3v) is 5.28. The summed E-state index contributed by atoms with van der Waals surface area (Å²) in [6.07, 6.45) is 0. The Hall–Kier alpha value is -3.08. The van der Waals surface area contributed by atoms with Gasteiger partial charge in [-0.15, -0.1) is 0 Å². The molecule has 0 aromatic heterocycles. The van der Waals surface area contributed by atoms with Crippen LogP contribution in [0, 0.1) is 0 Å². The standard InChI is InChI=1S/C18H17F3N2O5S/c1-28-14-6-2-12(3-7-14)16(24)22-10-11-23-17(25)13-4-8-15(9-5-13)29(26,27)18(19,20)21/h2-9H,10-11H2,1H3,(H,22,24)(H,23,25). The quantitative estimate of drug-likeness (QED) is 0.656. The molecule has 0 aliphatic heterocycles. The zero-order chi connectivity index (χ0) is 21.7.